The Labute approximate surface area is 194 Å². The first-order valence-corrected chi connectivity index (χ1v) is 11.8. The van der Waals surface area contributed by atoms with Gasteiger partial charge in [-0.3, -0.25) is 19.5 Å². The molecule has 7 nitrogen and oxygen atoms in total. The number of amides is 2. The maximum atomic E-state index is 13.2. The molecule has 3 aromatic rings. The maximum Gasteiger partial charge on any atom is 0.237 e. The molecule has 2 aliphatic rings. The Morgan fingerprint density at radius 1 is 1.18 bits per heavy atom. The molecule has 2 aliphatic heterocycles. The van der Waals surface area contributed by atoms with Crippen molar-refractivity contribution in [3.05, 3.63) is 54.0 Å². The fraction of sp³-hybridized carbons (Fsp3) is 0.423. The highest BCUT2D eigenvalue weighted by atomic mass is 16.2. The van der Waals surface area contributed by atoms with Crippen LogP contribution in [0.3, 0.4) is 0 Å². The summed E-state index contributed by atoms with van der Waals surface area (Å²) < 4.78 is 0. The van der Waals surface area contributed by atoms with E-state index in [1.807, 2.05) is 29.2 Å². The first-order valence-electron chi connectivity index (χ1n) is 11.8. The van der Waals surface area contributed by atoms with E-state index >= 15 is 0 Å². The van der Waals surface area contributed by atoms with Gasteiger partial charge in [0.2, 0.25) is 11.8 Å². The number of carbonyl (C=O) groups is 2. The lowest BCUT2D eigenvalue weighted by atomic mass is 9.89. The Hall–Kier alpha value is -3.19. The number of hydrogen-bond acceptors (Lipinski definition) is 4. The largest absolute Gasteiger partial charge is 0.358 e. The summed E-state index contributed by atoms with van der Waals surface area (Å²) in [5.74, 6) is 0.235. The molecule has 0 spiro atoms. The number of carbonyl (C=O) groups excluding carboxylic acids is 2. The lowest BCUT2D eigenvalue weighted by Crippen LogP contribution is -2.55. The summed E-state index contributed by atoms with van der Waals surface area (Å²) in [4.78, 5) is 37.3. The predicted molar refractivity (Wildman–Crippen MR) is 129 cm³/mol. The van der Waals surface area contributed by atoms with Gasteiger partial charge in [0, 0.05) is 66.7 Å². The molecule has 0 bridgehead atoms. The molecule has 0 saturated carbocycles. The van der Waals surface area contributed by atoms with E-state index in [4.69, 9.17) is 0 Å². The predicted octanol–water partition coefficient (Wildman–Crippen LogP) is 3.06. The van der Waals surface area contributed by atoms with Gasteiger partial charge in [-0.25, -0.2) is 0 Å². The maximum absolute atomic E-state index is 13.2. The molecule has 1 aromatic carbocycles. The van der Waals surface area contributed by atoms with Crippen molar-refractivity contribution in [3.8, 4) is 11.1 Å². The number of H-pyrrole nitrogens is 1. The van der Waals surface area contributed by atoms with Crippen LogP contribution in [0.1, 0.15) is 36.4 Å². The Balaban J connectivity index is 1.43. The smallest absolute Gasteiger partial charge is 0.237 e. The molecule has 172 valence electrons. The third-order valence-electron chi connectivity index (χ3n) is 7.10. The summed E-state index contributed by atoms with van der Waals surface area (Å²) in [5.41, 5.74) is 5.87. The third-order valence-corrected chi connectivity index (χ3v) is 7.10. The van der Waals surface area contributed by atoms with Crippen molar-refractivity contribution in [2.45, 2.75) is 38.1 Å². The molecule has 2 fully saturated rings. The van der Waals surface area contributed by atoms with E-state index < -0.39 is 0 Å². The molecular formula is C26H31N5O2. The average Bonchev–Trinajstić information content (AvgIpc) is 3.20. The van der Waals surface area contributed by atoms with Crippen molar-refractivity contribution < 1.29 is 9.59 Å². The van der Waals surface area contributed by atoms with Crippen LogP contribution in [0.15, 0.2) is 42.7 Å². The van der Waals surface area contributed by atoms with Crippen LogP contribution in [-0.2, 0) is 9.59 Å². The van der Waals surface area contributed by atoms with E-state index in [1.165, 1.54) is 22.2 Å². The van der Waals surface area contributed by atoms with Crippen molar-refractivity contribution in [2.24, 2.45) is 0 Å². The molecule has 2 saturated heterocycles. The number of likely N-dealkylation sites (N-methyl/N-ethyl adjacent to an activating group) is 1. The molecule has 0 radical (unpaired) electrons. The number of piperazine rings is 1. The number of piperidine rings is 1. The number of aromatic amines is 1. The first-order chi connectivity index (χ1) is 16.0. The number of nitrogens with one attached hydrogen (secondary N) is 2. The van der Waals surface area contributed by atoms with Crippen LogP contribution in [-0.4, -0.2) is 70.9 Å². The van der Waals surface area contributed by atoms with Crippen LogP contribution >= 0.6 is 0 Å². The summed E-state index contributed by atoms with van der Waals surface area (Å²) in [5, 5.41) is 4.10. The Bertz CT molecular complexity index is 1170. The average molecular weight is 446 g/mol. The van der Waals surface area contributed by atoms with Gasteiger partial charge in [0.05, 0.1) is 12.5 Å². The van der Waals surface area contributed by atoms with Gasteiger partial charge in [-0.05, 0) is 56.6 Å². The number of pyridine rings is 1. The van der Waals surface area contributed by atoms with Crippen molar-refractivity contribution in [2.75, 3.05) is 33.2 Å². The number of hydrogen-bond donors (Lipinski definition) is 2. The van der Waals surface area contributed by atoms with Gasteiger partial charge in [-0.2, -0.15) is 0 Å². The Morgan fingerprint density at radius 3 is 2.79 bits per heavy atom. The molecule has 4 heterocycles. The number of aromatic nitrogens is 2. The lowest BCUT2D eigenvalue weighted by molar-refractivity contribution is -0.139. The van der Waals surface area contributed by atoms with Crippen molar-refractivity contribution >= 4 is 22.7 Å². The normalized spacial score (nSPS) is 21.9. The zero-order valence-electron chi connectivity index (χ0n) is 19.3. The van der Waals surface area contributed by atoms with Crippen LogP contribution < -0.4 is 5.32 Å². The van der Waals surface area contributed by atoms with Gasteiger partial charge in [-0.15, -0.1) is 0 Å². The quantitative estimate of drug-likeness (QED) is 0.647. The molecule has 2 amide bonds. The summed E-state index contributed by atoms with van der Waals surface area (Å²) in [6, 6.07) is 10.2. The van der Waals surface area contributed by atoms with Crippen LogP contribution in [0.5, 0.6) is 0 Å². The summed E-state index contributed by atoms with van der Waals surface area (Å²) in [6.07, 6.45) is 5.87. The van der Waals surface area contributed by atoms with Gasteiger partial charge < -0.3 is 15.2 Å². The number of rotatable bonds is 4. The highest BCUT2D eigenvalue weighted by Gasteiger charge is 2.33. The zero-order chi connectivity index (χ0) is 22.9. The zero-order valence-corrected chi connectivity index (χ0v) is 19.3. The fourth-order valence-corrected chi connectivity index (χ4v) is 5.27. The number of aryl methyl sites for hydroxylation is 1. The van der Waals surface area contributed by atoms with Gasteiger partial charge >= 0.3 is 0 Å². The molecule has 2 N–H and O–H groups in total. The van der Waals surface area contributed by atoms with Crippen molar-refractivity contribution in [1.29, 1.82) is 0 Å². The van der Waals surface area contributed by atoms with Crippen molar-refractivity contribution in [1.82, 2.24) is 25.1 Å². The van der Waals surface area contributed by atoms with Gasteiger partial charge in [0.25, 0.3) is 0 Å². The van der Waals surface area contributed by atoms with E-state index in [0.29, 0.717) is 13.1 Å². The standard InChI is InChI=1S/C26H31N5O2/c1-17-5-6-21-20(14-17)24(18-7-9-27-10-8-18)25(29-21)19-4-3-12-31(16-19)23(32)15-22-26(33)28-11-13-30(22)2/h5-10,14,19,22,29H,3-4,11-13,15-16H2,1-2H3,(H,28,33). The van der Waals surface area contributed by atoms with E-state index in [0.717, 1.165) is 37.0 Å². The number of fused-ring (bicyclic) bond motifs is 1. The molecule has 7 heteroatoms. The minimum atomic E-state index is -0.380. The molecule has 0 aliphatic carbocycles. The molecule has 2 unspecified atom stereocenters. The van der Waals surface area contributed by atoms with E-state index in [2.05, 4.69) is 52.5 Å². The number of likely N-dealkylation sites (tertiary alicyclic amines) is 1. The topological polar surface area (TPSA) is 81.3 Å². The fourth-order valence-electron chi connectivity index (χ4n) is 5.27. The lowest BCUT2D eigenvalue weighted by Gasteiger charge is -2.36. The second kappa shape index (κ2) is 8.98. The summed E-state index contributed by atoms with van der Waals surface area (Å²) in [7, 11) is 1.92. The Morgan fingerprint density at radius 2 is 2.00 bits per heavy atom. The molecule has 33 heavy (non-hydrogen) atoms. The molecule has 2 atom stereocenters. The SMILES string of the molecule is Cc1ccc2[nH]c(C3CCCN(C(=O)CC4C(=O)NCCN4C)C3)c(-c3ccncc3)c2c1. The molecule has 2 aromatic heterocycles. The van der Waals surface area contributed by atoms with Gasteiger partial charge in [-0.1, -0.05) is 11.6 Å². The van der Waals surface area contributed by atoms with E-state index in [1.54, 1.807) is 0 Å². The molecular weight excluding hydrogens is 414 g/mol. The van der Waals surface area contributed by atoms with E-state index in [-0.39, 0.29) is 30.2 Å². The van der Waals surface area contributed by atoms with E-state index in [9.17, 15) is 9.59 Å². The second-order valence-electron chi connectivity index (χ2n) is 9.37. The monoisotopic (exact) mass is 445 g/mol. The van der Waals surface area contributed by atoms with Crippen LogP contribution in [0.4, 0.5) is 0 Å². The molecule has 5 rings (SSSR count). The Kier molecular flexibility index (Phi) is 5.89. The summed E-state index contributed by atoms with van der Waals surface area (Å²) in [6.45, 7) is 4.94. The minimum Gasteiger partial charge on any atom is -0.358 e. The third kappa shape index (κ3) is 4.25. The van der Waals surface area contributed by atoms with Gasteiger partial charge in [0.15, 0.2) is 0 Å². The second-order valence-corrected chi connectivity index (χ2v) is 9.37. The van der Waals surface area contributed by atoms with Gasteiger partial charge in [0.1, 0.15) is 0 Å². The van der Waals surface area contributed by atoms with Crippen LogP contribution in [0.2, 0.25) is 0 Å². The highest BCUT2D eigenvalue weighted by molar-refractivity contribution is 5.98. The first kappa shape index (κ1) is 21.6. The summed E-state index contributed by atoms with van der Waals surface area (Å²) >= 11 is 0. The minimum absolute atomic E-state index is 0.0448. The highest BCUT2D eigenvalue weighted by Crippen LogP contribution is 2.39. The number of benzene rings is 1. The van der Waals surface area contributed by atoms with Crippen LogP contribution in [0, 0.1) is 6.92 Å². The van der Waals surface area contributed by atoms with Crippen LogP contribution in [0.25, 0.3) is 22.0 Å². The van der Waals surface area contributed by atoms with Crippen molar-refractivity contribution in [3.63, 3.8) is 0 Å². The number of nitrogens with zero attached hydrogens (tertiary/aromatic N) is 3.